The van der Waals surface area contributed by atoms with Crippen LogP contribution in [0.2, 0.25) is 0 Å². The highest BCUT2D eigenvalue weighted by molar-refractivity contribution is 7.47. The Balaban J connectivity index is 1.80. The summed E-state index contributed by atoms with van der Waals surface area (Å²) >= 11 is 0. The fraction of sp³-hybridized carbons (Fsp3) is 0.692. The molecule has 1 aromatic rings. The van der Waals surface area contributed by atoms with Gasteiger partial charge in [0.15, 0.2) is 0 Å². The highest BCUT2D eigenvalue weighted by Gasteiger charge is 2.40. The third-order valence-electron chi connectivity index (χ3n) is 3.59. The fourth-order valence-corrected chi connectivity index (χ4v) is 3.77. The zero-order valence-electron chi connectivity index (χ0n) is 13.9. The van der Waals surface area contributed by atoms with Crippen molar-refractivity contribution >= 4 is 15.6 Å². The van der Waals surface area contributed by atoms with E-state index in [1.54, 1.807) is 19.3 Å². The first kappa shape index (κ1) is 20.8. The molecule has 1 aliphatic heterocycles. The molecule has 144 valence electrons. The van der Waals surface area contributed by atoms with Gasteiger partial charge in [-0.1, -0.05) is 0 Å². The lowest BCUT2D eigenvalue weighted by Crippen LogP contribution is -2.28. The summed E-state index contributed by atoms with van der Waals surface area (Å²) in [6, 6.07) is 1.82. The summed E-state index contributed by atoms with van der Waals surface area (Å²) in [4.78, 5) is 22.0. The molecule has 4 unspecified atom stereocenters. The Kier molecular flexibility index (Phi) is 7.40. The quantitative estimate of drug-likeness (QED) is 0.505. The number of phosphoric acid groups is 2. The second-order valence-electron chi connectivity index (χ2n) is 5.58. The molecular weight excluding hydrogens is 376 g/mol. The maximum absolute atomic E-state index is 11.9. The monoisotopic (exact) mass is 399 g/mol. The lowest BCUT2D eigenvalue weighted by atomic mass is 10.1. The van der Waals surface area contributed by atoms with Crippen molar-refractivity contribution in [1.82, 2.24) is 4.98 Å². The lowest BCUT2D eigenvalue weighted by molar-refractivity contribution is -0.0197. The summed E-state index contributed by atoms with van der Waals surface area (Å²) in [5, 5.41) is 0. The van der Waals surface area contributed by atoms with Crippen molar-refractivity contribution in [3.8, 4) is 0 Å². The van der Waals surface area contributed by atoms with Gasteiger partial charge in [0.2, 0.25) is 0 Å². The highest BCUT2D eigenvalue weighted by Crippen LogP contribution is 2.48. The zero-order chi connectivity index (χ0) is 18.5. The smallest absolute Gasteiger partial charge is 0.370 e. The van der Waals surface area contributed by atoms with E-state index in [1.807, 2.05) is 6.07 Å². The van der Waals surface area contributed by atoms with E-state index in [1.165, 1.54) is 0 Å². The molecule has 2 rings (SSSR count). The molecule has 1 saturated heterocycles. The minimum absolute atomic E-state index is 0.00298. The summed E-state index contributed by atoms with van der Waals surface area (Å²) < 4.78 is 48.1. The van der Waals surface area contributed by atoms with E-state index in [9.17, 15) is 18.9 Å². The largest absolute Gasteiger partial charge is 0.472 e. The molecule has 1 fully saturated rings. The molecule has 0 saturated carbocycles. The number of H-pyrrole nitrogens is 1. The van der Waals surface area contributed by atoms with Crippen LogP contribution in [0, 0.1) is 0 Å². The van der Waals surface area contributed by atoms with E-state index < -0.39 is 27.9 Å². The van der Waals surface area contributed by atoms with Crippen molar-refractivity contribution in [1.29, 1.82) is 0 Å². The average molecular weight is 399 g/mol. The molecule has 10 nitrogen and oxygen atoms in total. The Morgan fingerprint density at radius 1 is 1.32 bits per heavy atom. The van der Waals surface area contributed by atoms with Gasteiger partial charge < -0.3 is 19.5 Å². The van der Waals surface area contributed by atoms with Gasteiger partial charge >= 0.3 is 15.6 Å². The Morgan fingerprint density at radius 3 is 2.72 bits per heavy atom. The van der Waals surface area contributed by atoms with Gasteiger partial charge in [0.25, 0.3) is 0 Å². The van der Waals surface area contributed by atoms with Gasteiger partial charge in [-0.05, 0) is 25.0 Å². The maximum atomic E-state index is 11.9. The number of nitrogens with one attached hydrogen (secondary N) is 1. The molecule has 3 N–H and O–H groups in total. The van der Waals surface area contributed by atoms with Gasteiger partial charge in [0.1, 0.15) is 12.2 Å². The topological polar surface area (TPSA) is 137 Å². The molecule has 1 aliphatic rings. The number of ether oxygens (including phenoxy) is 1. The van der Waals surface area contributed by atoms with Crippen LogP contribution in [-0.4, -0.2) is 53.4 Å². The van der Waals surface area contributed by atoms with E-state index in [2.05, 4.69) is 9.51 Å². The molecule has 0 aliphatic carbocycles. The van der Waals surface area contributed by atoms with E-state index >= 15 is 0 Å². The van der Waals surface area contributed by atoms with Crippen LogP contribution in [0.3, 0.4) is 0 Å². The Bertz CT molecular complexity index is 623. The zero-order valence-corrected chi connectivity index (χ0v) is 15.7. The number of aromatic nitrogens is 1. The first-order chi connectivity index (χ1) is 11.7. The number of phosphoric ester groups is 2. The Hall–Kier alpha value is -0.540. The van der Waals surface area contributed by atoms with Crippen molar-refractivity contribution < 1.29 is 41.7 Å². The second kappa shape index (κ2) is 8.90. The summed E-state index contributed by atoms with van der Waals surface area (Å²) in [6.45, 7) is 1.43. The van der Waals surface area contributed by atoms with Gasteiger partial charge in [-0.2, -0.15) is 0 Å². The normalized spacial score (nSPS) is 28.6. The first-order valence-corrected chi connectivity index (χ1v) is 10.7. The second-order valence-corrected chi connectivity index (χ2v) is 8.55. The molecule has 0 bridgehead atoms. The minimum atomic E-state index is -4.28. The molecule has 0 radical (unpaired) electrons. The third-order valence-corrected chi connectivity index (χ3v) is 5.58. The molecule has 0 amide bonds. The SMILES string of the molecule is COP(=O)(O)O[C@@H]1CC(C)OC1COP(=O)(O)OCCc1cc[nH]c1. The van der Waals surface area contributed by atoms with Gasteiger partial charge in [0.05, 0.1) is 19.3 Å². The van der Waals surface area contributed by atoms with Crippen LogP contribution in [0.25, 0.3) is 0 Å². The van der Waals surface area contributed by atoms with Crippen LogP contribution >= 0.6 is 15.6 Å². The fourth-order valence-electron chi connectivity index (χ4n) is 2.39. The third kappa shape index (κ3) is 6.94. The number of hydrogen-bond acceptors (Lipinski definition) is 7. The molecule has 5 atom stereocenters. The van der Waals surface area contributed by atoms with Crippen molar-refractivity contribution in [3.05, 3.63) is 24.0 Å². The lowest BCUT2D eigenvalue weighted by Gasteiger charge is -2.21. The van der Waals surface area contributed by atoms with E-state index in [0.717, 1.165) is 12.7 Å². The van der Waals surface area contributed by atoms with Crippen molar-refractivity contribution in [2.24, 2.45) is 0 Å². The molecular formula is C13H23NO9P2. The van der Waals surface area contributed by atoms with Crippen molar-refractivity contribution in [2.45, 2.75) is 38.1 Å². The predicted octanol–water partition coefficient (Wildman–Crippen LogP) is 2.00. The molecule has 0 spiro atoms. The average Bonchev–Trinajstić information content (AvgIpc) is 3.15. The molecule has 2 heterocycles. The van der Waals surface area contributed by atoms with Crippen LogP contribution in [0.4, 0.5) is 0 Å². The summed E-state index contributed by atoms with van der Waals surface area (Å²) in [6.07, 6.45) is 2.41. The first-order valence-electron chi connectivity index (χ1n) is 7.67. The maximum Gasteiger partial charge on any atom is 0.472 e. The van der Waals surface area contributed by atoms with Gasteiger partial charge in [0, 0.05) is 25.9 Å². The van der Waals surface area contributed by atoms with Crippen LogP contribution in [0.1, 0.15) is 18.9 Å². The van der Waals surface area contributed by atoms with Crippen molar-refractivity contribution in [2.75, 3.05) is 20.3 Å². The number of aromatic amines is 1. The van der Waals surface area contributed by atoms with Crippen LogP contribution in [-0.2, 0) is 38.4 Å². The summed E-state index contributed by atoms with van der Waals surface area (Å²) in [5.41, 5.74) is 0.930. The minimum Gasteiger partial charge on any atom is -0.370 e. The van der Waals surface area contributed by atoms with Crippen LogP contribution in [0.15, 0.2) is 18.5 Å². The van der Waals surface area contributed by atoms with Crippen molar-refractivity contribution in [3.63, 3.8) is 0 Å². The van der Waals surface area contributed by atoms with E-state index in [4.69, 9.17) is 18.3 Å². The predicted molar refractivity (Wildman–Crippen MR) is 86.9 cm³/mol. The van der Waals surface area contributed by atoms with Gasteiger partial charge in [-0.3, -0.25) is 18.1 Å². The van der Waals surface area contributed by atoms with Gasteiger partial charge in [-0.15, -0.1) is 0 Å². The van der Waals surface area contributed by atoms with E-state index in [-0.39, 0.29) is 19.3 Å². The molecule has 1 aromatic heterocycles. The molecule has 25 heavy (non-hydrogen) atoms. The molecule has 12 heteroatoms. The Morgan fingerprint density at radius 2 is 2.08 bits per heavy atom. The standard InChI is InChI=1S/C13H23NO9P2/c1-10-7-12(23-24(15,16)19-2)13(22-10)9-21-25(17,18)20-6-4-11-3-5-14-8-11/h3,5,8,10,12-14H,4,6-7,9H2,1-2H3,(H,15,16)(H,17,18)/t10?,12-,13?/m1/s1. The van der Waals surface area contributed by atoms with Crippen LogP contribution in [0.5, 0.6) is 0 Å². The Labute approximate surface area is 145 Å². The number of rotatable bonds is 10. The summed E-state index contributed by atoms with van der Waals surface area (Å²) in [5.74, 6) is 0. The van der Waals surface area contributed by atoms with Gasteiger partial charge in [-0.25, -0.2) is 9.13 Å². The number of hydrogen-bond donors (Lipinski definition) is 3. The van der Waals surface area contributed by atoms with E-state index in [0.29, 0.717) is 12.8 Å². The summed E-state index contributed by atoms with van der Waals surface area (Å²) in [7, 11) is -7.43. The highest BCUT2D eigenvalue weighted by atomic mass is 31.2. The molecule has 0 aromatic carbocycles. The van der Waals surface area contributed by atoms with Crippen LogP contribution < -0.4 is 0 Å².